The van der Waals surface area contributed by atoms with Crippen LogP contribution in [0.2, 0.25) is 0 Å². The van der Waals surface area contributed by atoms with Crippen LogP contribution in [0.4, 0.5) is 0 Å². The van der Waals surface area contributed by atoms with Gasteiger partial charge in [0.15, 0.2) is 0 Å². The van der Waals surface area contributed by atoms with Gasteiger partial charge < -0.3 is 15.8 Å². The number of likely N-dealkylation sites (tertiary alicyclic amines) is 1. The molecule has 1 aliphatic heterocycles. The van der Waals surface area contributed by atoms with Crippen molar-refractivity contribution in [1.29, 1.82) is 0 Å². The minimum Gasteiger partial charge on any atom is -0.409 e. The molecule has 0 bridgehead atoms. The van der Waals surface area contributed by atoms with Gasteiger partial charge in [-0.3, -0.25) is 4.79 Å². The maximum atomic E-state index is 12.4. The Morgan fingerprint density at radius 3 is 2.63 bits per heavy atom. The van der Waals surface area contributed by atoms with E-state index in [1.54, 1.807) is 0 Å². The normalized spacial score (nSPS) is 19.5. The zero-order valence-electron chi connectivity index (χ0n) is 11.2. The quantitative estimate of drug-likeness (QED) is 0.377. The number of thiophene rings is 1. The average Bonchev–Trinajstić information content (AvgIpc) is 2.84. The second-order valence-electron chi connectivity index (χ2n) is 5.27. The van der Waals surface area contributed by atoms with Crippen molar-refractivity contribution in [2.24, 2.45) is 16.3 Å². The molecule has 0 spiro atoms. The molecule has 0 radical (unpaired) electrons. The fraction of sp³-hybridized carbons (Fsp3) is 0.538. The van der Waals surface area contributed by atoms with Crippen LogP contribution < -0.4 is 5.73 Å². The van der Waals surface area contributed by atoms with E-state index < -0.39 is 0 Å². The van der Waals surface area contributed by atoms with E-state index in [0.29, 0.717) is 13.1 Å². The lowest BCUT2D eigenvalue weighted by Gasteiger charge is -2.38. The third-order valence-corrected chi connectivity index (χ3v) is 4.94. The Balaban J connectivity index is 2.05. The van der Waals surface area contributed by atoms with Crippen LogP contribution in [0.1, 0.15) is 35.0 Å². The van der Waals surface area contributed by atoms with Gasteiger partial charge in [0, 0.05) is 18.5 Å². The predicted octanol–water partition coefficient (Wildman–Crippen LogP) is 2.05. The Morgan fingerprint density at radius 2 is 2.16 bits per heavy atom. The van der Waals surface area contributed by atoms with Gasteiger partial charge in [-0.25, -0.2) is 0 Å². The summed E-state index contributed by atoms with van der Waals surface area (Å²) in [5.41, 5.74) is 6.44. The van der Waals surface area contributed by atoms with Crippen molar-refractivity contribution in [2.75, 3.05) is 13.1 Å². The molecule has 104 valence electrons. The van der Waals surface area contributed by atoms with Gasteiger partial charge in [-0.1, -0.05) is 12.1 Å². The van der Waals surface area contributed by atoms with Crippen LogP contribution in [-0.2, 0) is 0 Å². The standard InChI is InChI=1S/C13H19N3O2S/c1-9-3-8-19-10(9)11(17)16-6-4-13(2,5-7-16)12(14)15-18/h3,8,18H,4-7H2,1-2H3,(H2,14,15). The SMILES string of the molecule is Cc1ccsc1C(=O)N1CCC(C)(/C(N)=N/O)CC1. The molecule has 0 aliphatic carbocycles. The zero-order valence-corrected chi connectivity index (χ0v) is 12.0. The van der Waals surface area contributed by atoms with E-state index in [1.165, 1.54) is 11.3 Å². The summed E-state index contributed by atoms with van der Waals surface area (Å²) in [5.74, 6) is 0.348. The molecular weight excluding hydrogens is 262 g/mol. The summed E-state index contributed by atoms with van der Waals surface area (Å²) in [5, 5.41) is 13.8. The van der Waals surface area contributed by atoms with Gasteiger partial charge in [-0.2, -0.15) is 0 Å². The van der Waals surface area contributed by atoms with Crippen molar-refractivity contribution in [1.82, 2.24) is 4.90 Å². The number of aryl methyl sites for hydroxylation is 1. The Hall–Kier alpha value is -1.56. The van der Waals surface area contributed by atoms with Crippen molar-refractivity contribution in [3.63, 3.8) is 0 Å². The molecule has 1 aromatic rings. The van der Waals surface area contributed by atoms with Gasteiger partial charge in [0.25, 0.3) is 5.91 Å². The number of rotatable bonds is 2. The van der Waals surface area contributed by atoms with Gasteiger partial charge in [-0.05, 0) is 36.8 Å². The summed E-state index contributed by atoms with van der Waals surface area (Å²) in [6.45, 7) is 5.21. The molecule has 0 saturated carbocycles. The maximum absolute atomic E-state index is 12.4. The summed E-state index contributed by atoms with van der Waals surface area (Å²) in [7, 11) is 0. The molecule has 3 N–H and O–H groups in total. The molecule has 2 heterocycles. The smallest absolute Gasteiger partial charge is 0.264 e. The number of amidine groups is 1. The van der Waals surface area contributed by atoms with Crippen molar-refractivity contribution in [3.05, 3.63) is 21.9 Å². The van der Waals surface area contributed by atoms with Gasteiger partial charge in [-0.15, -0.1) is 11.3 Å². The topological polar surface area (TPSA) is 78.9 Å². The third kappa shape index (κ3) is 2.58. The van der Waals surface area contributed by atoms with Crippen LogP contribution in [0.5, 0.6) is 0 Å². The van der Waals surface area contributed by atoms with E-state index in [9.17, 15) is 4.79 Å². The van der Waals surface area contributed by atoms with Crippen molar-refractivity contribution < 1.29 is 10.0 Å². The number of piperidine rings is 1. The molecule has 1 saturated heterocycles. The summed E-state index contributed by atoms with van der Waals surface area (Å²) < 4.78 is 0. The van der Waals surface area contributed by atoms with E-state index >= 15 is 0 Å². The summed E-state index contributed by atoms with van der Waals surface area (Å²) in [6, 6.07) is 1.96. The van der Waals surface area contributed by atoms with Gasteiger partial charge >= 0.3 is 0 Å². The number of hydrogen-bond acceptors (Lipinski definition) is 4. The maximum Gasteiger partial charge on any atom is 0.264 e. The molecule has 0 atom stereocenters. The van der Waals surface area contributed by atoms with Gasteiger partial charge in [0.1, 0.15) is 5.84 Å². The van der Waals surface area contributed by atoms with E-state index in [0.717, 1.165) is 23.3 Å². The number of carbonyl (C=O) groups is 1. The Bertz CT molecular complexity index is 502. The second-order valence-corrected chi connectivity index (χ2v) is 6.19. The minimum absolute atomic E-state index is 0.0917. The van der Waals surface area contributed by atoms with E-state index in [4.69, 9.17) is 10.9 Å². The first-order valence-electron chi connectivity index (χ1n) is 6.29. The Morgan fingerprint density at radius 1 is 1.53 bits per heavy atom. The molecule has 1 aliphatic rings. The monoisotopic (exact) mass is 281 g/mol. The van der Waals surface area contributed by atoms with E-state index in [-0.39, 0.29) is 17.2 Å². The number of nitrogens with two attached hydrogens (primary N) is 1. The van der Waals surface area contributed by atoms with Crippen LogP contribution in [0.25, 0.3) is 0 Å². The lowest BCUT2D eigenvalue weighted by Crippen LogP contribution is -2.47. The fourth-order valence-corrected chi connectivity index (χ4v) is 3.21. The Kier molecular flexibility index (Phi) is 3.80. The van der Waals surface area contributed by atoms with Crippen molar-refractivity contribution >= 4 is 23.1 Å². The van der Waals surface area contributed by atoms with Gasteiger partial charge in [0.05, 0.1) is 4.88 Å². The van der Waals surface area contributed by atoms with E-state index in [1.807, 2.05) is 30.2 Å². The molecule has 5 nitrogen and oxygen atoms in total. The molecule has 1 aromatic heterocycles. The summed E-state index contributed by atoms with van der Waals surface area (Å²) >= 11 is 1.48. The molecule has 0 unspecified atom stereocenters. The number of nitrogens with zero attached hydrogens (tertiary/aromatic N) is 2. The summed E-state index contributed by atoms with van der Waals surface area (Å²) in [4.78, 5) is 15.0. The molecule has 1 amide bonds. The largest absolute Gasteiger partial charge is 0.409 e. The number of carbonyl (C=O) groups excluding carboxylic acids is 1. The number of oxime groups is 1. The lowest BCUT2D eigenvalue weighted by molar-refractivity contribution is 0.0671. The van der Waals surface area contributed by atoms with E-state index in [2.05, 4.69) is 5.16 Å². The van der Waals surface area contributed by atoms with Crippen molar-refractivity contribution in [3.8, 4) is 0 Å². The highest BCUT2D eigenvalue weighted by Gasteiger charge is 2.36. The highest BCUT2D eigenvalue weighted by Crippen LogP contribution is 2.32. The third-order valence-electron chi connectivity index (χ3n) is 3.94. The number of amides is 1. The summed E-state index contributed by atoms with van der Waals surface area (Å²) in [6.07, 6.45) is 1.44. The van der Waals surface area contributed by atoms with Crippen LogP contribution >= 0.6 is 11.3 Å². The highest BCUT2D eigenvalue weighted by atomic mass is 32.1. The average molecular weight is 281 g/mol. The first-order valence-corrected chi connectivity index (χ1v) is 7.17. The first-order chi connectivity index (χ1) is 8.98. The van der Waals surface area contributed by atoms with Crippen LogP contribution in [0.15, 0.2) is 16.6 Å². The first kappa shape index (κ1) is 13.9. The van der Waals surface area contributed by atoms with Crippen LogP contribution in [0.3, 0.4) is 0 Å². The molecule has 0 aromatic carbocycles. The number of hydrogen-bond donors (Lipinski definition) is 2. The Labute approximate surface area is 116 Å². The van der Waals surface area contributed by atoms with Crippen LogP contribution in [-0.4, -0.2) is 34.9 Å². The minimum atomic E-state index is -0.309. The molecule has 1 fully saturated rings. The molecular formula is C13H19N3O2S. The van der Waals surface area contributed by atoms with Crippen LogP contribution in [0, 0.1) is 12.3 Å². The molecule has 2 rings (SSSR count). The van der Waals surface area contributed by atoms with Gasteiger partial charge in [0.2, 0.25) is 0 Å². The second kappa shape index (κ2) is 5.21. The predicted molar refractivity (Wildman–Crippen MR) is 75.7 cm³/mol. The fourth-order valence-electron chi connectivity index (χ4n) is 2.32. The lowest BCUT2D eigenvalue weighted by atomic mass is 9.79. The highest BCUT2D eigenvalue weighted by molar-refractivity contribution is 7.12. The molecule has 19 heavy (non-hydrogen) atoms. The van der Waals surface area contributed by atoms with Crippen molar-refractivity contribution in [2.45, 2.75) is 26.7 Å². The zero-order chi connectivity index (χ0) is 14.0. The molecule has 6 heteroatoms.